The summed E-state index contributed by atoms with van der Waals surface area (Å²) in [6.45, 7) is 4.22. The molecule has 0 radical (unpaired) electrons. The molecular formula is C17H21FN5O4+. The maximum Gasteiger partial charge on any atom is 0.537 e. The van der Waals surface area contributed by atoms with Crippen molar-refractivity contribution in [2.24, 2.45) is 5.22 Å². The van der Waals surface area contributed by atoms with Gasteiger partial charge >= 0.3 is 6.09 Å². The number of carbonyl (C=O) groups excluding carboxylic acids is 1. The van der Waals surface area contributed by atoms with Crippen LogP contribution in [0.5, 0.6) is 0 Å². The van der Waals surface area contributed by atoms with Gasteiger partial charge in [0.05, 0.1) is 23.8 Å². The third-order valence-corrected chi connectivity index (χ3v) is 5.36. The fourth-order valence-electron chi connectivity index (χ4n) is 4.00. The summed E-state index contributed by atoms with van der Waals surface area (Å²) in [6.07, 6.45) is 0.200. The highest BCUT2D eigenvalue weighted by atomic mass is 19.1. The SMILES string of the molecule is CC1C[N@+](N=[N+]=[N-])(c2ccc(N3CCC4(CC3)OCCO4)c(F)c2)C(=O)O1. The van der Waals surface area contributed by atoms with Gasteiger partial charge in [-0.05, 0) is 13.0 Å². The first-order valence-electron chi connectivity index (χ1n) is 8.97. The van der Waals surface area contributed by atoms with Gasteiger partial charge in [0, 0.05) is 43.6 Å². The second-order valence-electron chi connectivity index (χ2n) is 7.06. The molecule has 2 atom stereocenters. The maximum atomic E-state index is 14.9. The molecule has 3 heterocycles. The van der Waals surface area contributed by atoms with Gasteiger partial charge in [-0.1, -0.05) is 4.59 Å². The molecule has 0 aliphatic carbocycles. The van der Waals surface area contributed by atoms with Gasteiger partial charge < -0.3 is 19.1 Å². The minimum atomic E-state index is -0.723. The van der Waals surface area contributed by atoms with Crippen molar-refractivity contribution >= 4 is 17.5 Å². The Morgan fingerprint density at radius 3 is 2.59 bits per heavy atom. The highest BCUT2D eigenvalue weighted by Gasteiger charge is 2.51. The molecule has 1 aromatic carbocycles. The standard InChI is InChI=1S/C17H21FN5O4/c1-12-11-23(21-20-19,16(24)27-12)13-2-3-15(14(18)10-13)22-6-4-17(5-7-22)25-8-9-26-17/h2-3,10,12H,4-9,11H2,1H3/q+1/t12?,23-/m0/s1. The third kappa shape index (κ3) is 3.00. The van der Waals surface area contributed by atoms with E-state index < -0.39 is 28.4 Å². The minimum Gasteiger partial charge on any atom is -0.410 e. The molecule has 144 valence electrons. The number of anilines is 1. The zero-order chi connectivity index (χ0) is 19.1. The number of hydrogen-bond acceptors (Lipinski definition) is 6. The van der Waals surface area contributed by atoms with Crippen molar-refractivity contribution in [3.63, 3.8) is 0 Å². The van der Waals surface area contributed by atoms with Crippen molar-refractivity contribution in [1.29, 1.82) is 0 Å². The van der Waals surface area contributed by atoms with E-state index in [1.54, 1.807) is 19.1 Å². The smallest absolute Gasteiger partial charge is 0.410 e. The summed E-state index contributed by atoms with van der Waals surface area (Å²) in [7, 11) is 0. The molecule has 1 aromatic rings. The summed E-state index contributed by atoms with van der Waals surface area (Å²) in [4.78, 5) is 17.0. The van der Waals surface area contributed by atoms with Gasteiger partial charge in [-0.15, -0.1) is 0 Å². The Bertz CT molecular complexity index is 799. The van der Waals surface area contributed by atoms with Crippen LogP contribution in [0.15, 0.2) is 23.4 Å². The van der Waals surface area contributed by atoms with Crippen LogP contribution in [0.25, 0.3) is 10.4 Å². The van der Waals surface area contributed by atoms with Gasteiger partial charge in [0.25, 0.3) is 0 Å². The lowest BCUT2D eigenvalue weighted by atomic mass is 10.0. The molecule has 0 bridgehead atoms. The molecule has 10 heteroatoms. The van der Waals surface area contributed by atoms with E-state index in [4.69, 9.17) is 19.7 Å². The summed E-state index contributed by atoms with van der Waals surface area (Å²) in [5.41, 5.74) is 9.58. The Balaban J connectivity index is 1.58. The van der Waals surface area contributed by atoms with Crippen LogP contribution >= 0.6 is 0 Å². The molecule has 3 aliphatic heterocycles. The van der Waals surface area contributed by atoms with Gasteiger partial charge in [0.15, 0.2) is 23.4 Å². The first-order valence-corrected chi connectivity index (χ1v) is 8.97. The summed E-state index contributed by atoms with van der Waals surface area (Å²) in [5, 5.41) is 3.62. The number of azide groups is 1. The van der Waals surface area contributed by atoms with Crippen molar-refractivity contribution < 1.29 is 23.4 Å². The molecule has 1 amide bonds. The van der Waals surface area contributed by atoms with Crippen LogP contribution in [-0.2, 0) is 14.2 Å². The molecule has 1 unspecified atom stereocenters. The zero-order valence-corrected chi connectivity index (χ0v) is 15.0. The monoisotopic (exact) mass is 378 g/mol. The second kappa shape index (κ2) is 6.65. The molecule has 0 N–H and O–H groups in total. The van der Waals surface area contributed by atoms with E-state index in [0.717, 1.165) is 0 Å². The van der Waals surface area contributed by atoms with Crippen molar-refractivity contribution in [3.05, 3.63) is 34.5 Å². The zero-order valence-electron chi connectivity index (χ0n) is 15.0. The van der Waals surface area contributed by atoms with Crippen molar-refractivity contribution in [3.8, 4) is 0 Å². The number of benzene rings is 1. The predicted octanol–water partition coefficient (Wildman–Crippen LogP) is 3.24. The van der Waals surface area contributed by atoms with Crippen LogP contribution in [0.3, 0.4) is 0 Å². The molecule has 0 saturated carbocycles. The number of piperidine rings is 1. The highest BCUT2D eigenvalue weighted by Crippen LogP contribution is 2.37. The van der Waals surface area contributed by atoms with Gasteiger partial charge in [0.1, 0.15) is 11.8 Å². The van der Waals surface area contributed by atoms with E-state index in [-0.39, 0.29) is 12.2 Å². The topological polar surface area (TPSA) is 96.8 Å². The van der Waals surface area contributed by atoms with Gasteiger partial charge in [-0.25, -0.2) is 4.39 Å². The number of cyclic esters (lactones) is 1. The van der Waals surface area contributed by atoms with Crippen molar-refractivity contribution in [2.45, 2.75) is 31.7 Å². The predicted molar refractivity (Wildman–Crippen MR) is 94.2 cm³/mol. The van der Waals surface area contributed by atoms with E-state index in [1.165, 1.54) is 6.07 Å². The molecule has 9 nitrogen and oxygen atoms in total. The fraction of sp³-hybridized carbons (Fsp3) is 0.588. The Morgan fingerprint density at radius 2 is 2.04 bits per heavy atom. The number of halogens is 1. The highest BCUT2D eigenvalue weighted by molar-refractivity contribution is 5.84. The third-order valence-electron chi connectivity index (χ3n) is 5.36. The first kappa shape index (κ1) is 18.0. The molecule has 0 aromatic heterocycles. The van der Waals surface area contributed by atoms with Crippen LogP contribution in [0, 0.1) is 5.82 Å². The Labute approximate surface area is 155 Å². The normalized spacial score (nSPS) is 29.6. The van der Waals surface area contributed by atoms with Gasteiger partial charge in [0.2, 0.25) is 0 Å². The van der Waals surface area contributed by atoms with E-state index in [9.17, 15) is 9.18 Å². The van der Waals surface area contributed by atoms with E-state index in [1.807, 2.05) is 4.90 Å². The van der Waals surface area contributed by atoms with Gasteiger partial charge in [-0.3, -0.25) is 0 Å². The lowest BCUT2D eigenvalue weighted by Gasteiger charge is -2.38. The van der Waals surface area contributed by atoms with Crippen LogP contribution < -0.4 is 9.49 Å². The fourth-order valence-corrected chi connectivity index (χ4v) is 4.00. The van der Waals surface area contributed by atoms with Crippen LogP contribution in [0.2, 0.25) is 0 Å². The summed E-state index contributed by atoms with van der Waals surface area (Å²) in [6, 6.07) is 4.47. The first-order chi connectivity index (χ1) is 13.0. The number of ether oxygens (including phenoxy) is 3. The Hall–Kier alpha value is -2.39. The summed E-state index contributed by atoms with van der Waals surface area (Å²) < 4.78 is 30.7. The molecule has 1 spiro atoms. The van der Waals surface area contributed by atoms with Crippen LogP contribution in [-0.4, -0.2) is 50.8 Å². The Kier molecular flexibility index (Phi) is 4.43. The van der Waals surface area contributed by atoms with Crippen molar-refractivity contribution in [1.82, 2.24) is 4.59 Å². The maximum absolute atomic E-state index is 14.9. The molecule has 3 fully saturated rings. The molecule has 4 rings (SSSR count). The van der Waals surface area contributed by atoms with Crippen LogP contribution in [0.1, 0.15) is 19.8 Å². The number of rotatable bonds is 3. The average Bonchev–Trinajstić information content (AvgIpc) is 3.21. The molecule has 3 aliphatic rings. The Morgan fingerprint density at radius 1 is 1.33 bits per heavy atom. The van der Waals surface area contributed by atoms with Gasteiger partial charge in [-0.2, -0.15) is 4.79 Å². The second-order valence-corrected chi connectivity index (χ2v) is 7.06. The lowest BCUT2D eigenvalue weighted by molar-refractivity contribution is -0.169. The van der Waals surface area contributed by atoms with Crippen LogP contribution in [0.4, 0.5) is 20.6 Å². The van der Waals surface area contributed by atoms with E-state index in [0.29, 0.717) is 44.8 Å². The number of hydrogen-bond donors (Lipinski definition) is 0. The minimum absolute atomic E-state index is 0.128. The quantitative estimate of drug-likeness (QED) is 0.348. The molecule has 3 saturated heterocycles. The van der Waals surface area contributed by atoms with Crippen molar-refractivity contribution in [2.75, 3.05) is 37.7 Å². The van der Waals surface area contributed by atoms with E-state index in [2.05, 4.69) is 10.1 Å². The van der Waals surface area contributed by atoms with E-state index >= 15 is 0 Å². The average molecular weight is 378 g/mol. The lowest BCUT2D eigenvalue weighted by Crippen LogP contribution is -2.46. The number of quaternary nitrogens is 1. The number of carbonyl (C=O) groups is 1. The summed E-state index contributed by atoms with van der Waals surface area (Å²) in [5.74, 6) is -1.01. The molecular weight excluding hydrogens is 357 g/mol. The molecule has 27 heavy (non-hydrogen) atoms. The summed E-state index contributed by atoms with van der Waals surface area (Å²) >= 11 is 0. The largest absolute Gasteiger partial charge is 0.537 e. The number of nitrogens with zero attached hydrogens (tertiary/aromatic N) is 5. The number of amides is 1.